The molecule has 0 bridgehead atoms. The number of amides is 1. The van der Waals surface area contributed by atoms with E-state index in [9.17, 15) is 4.79 Å². The molecule has 120 valence electrons. The van der Waals surface area contributed by atoms with Gasteiger partial charge < -0.3 is 16.0 Å². The van der Waals surface area contributed by atoms with Crippen LogP contribution in [0.3, 0.4) is 0 Å². The molecule has 0 saturated heterocycles. The Balaban J connectivity index is 3.86. The molecule has 0 aliphatic rings. The maximum absolute atomic E-state index is 11.6. The third kappa shape index (κ3) is 8.54. The van der Waals surface area contributed by atoms with Gasteiger partial charge in [0, 0.05) is 0 Å². The summed E-state index contributed by atoms with van der Waals surface area (Å²) < 4.78 is 0. The molecule has 4 heteroatoms. The Kier molecular flexibility index (Phi) is 10.8. The van der Waals surface area contributed by atoms with E-state index in [1.807, 2.05) is 6.92 Å². The Morgan fingerprint density at radius 2 is 1.70 bits per heavy atom. The first-order valence-electron chi connectivity index (χ1n) is 8.19. The van der Waals surface area contributed by atoms with Crippen LogP contribution >= 0.6 is 0 Å². The molecule has 0 aromatic carbocycles. The molecule has 0 spiro atoms. The number of hydrogen-bond acceptors (Lipinski definition) is 3. The molecule has 0 aliphatic heterocycles. The molecule has 20 heavy (non-hydrogen) atoms. The predicted octanol–water partition coefficient (Wildman–Crippen LogP) is 2.52. The second-order valence-corrected chi connectivity index (χ2v) is 6.09. The van der Waals surface area contributed by atoms with Crippen LogP contribution in [0.5, 0.6) is 0 Å². The van der Waals surface area contributed by atoms with E-state index < -0.39 is 5.54 Å². The van der Waals surface area contributed by atoms with Crippen molar-refractivity contribution in [2.45, 2.75) is 71.3 Å². The molecular weight excluding hydrogens is 250 g/mol. The summed E-state index contributed by atoms with van der Waals surface area (Å²) in [4.78, 5) is 14.0. The summed E-state index contributed by atoms with van der Waals surface area (Å²) in [6.45, 7) is 9.38. The van der Waals surface area contributed by atoms with Gasteiger partial charge in [-0.05, 0) is 65.7 Å². The number of nitrogens with zero attached hydrogens (tertiary/aromatic N) is 1. The van der Waals surface area contributed by atoms with Gasteiger partial charge in [-0.3, -0.25) is 4.79 Å². The zero-order valence-electron chi connectivity index (χ0n) is 14.0. The lowest BCUT2D eigenvalue weighted by Crippen LogP contribution is -2.53. The van der Waals surface area contributed by atoms with Crippen molar-refractivity contribution in [2.24, 2.45) is 5.73 Å². The highest BCUT2D eigenvalue weighted by molar-refractivity contribution is 5.84. The number of primary amides is 1. The second-order valence-electron chi connectivity index (χ2n) is 6.09. The Labute approximate surface area is 125 Å². The summed E-state index contributed by atoms with van der Waals surface area (Å²) in [7, 11) is 2.18. The number of carbonyl (C=O) groups excluding carboxylic acids is 1. The van der Waals surface area contributed by atoms with Crippen LogP contribution in [0.15, 0.2) is 0 Å². The summed E-state index contributed by atoms with van der Waals surface area (Å²) in [5.74, 6) is -0.234. The van der Waals surface area contributed by atoms with Crippen molar-refractivity contribution in [2.75, 3.05) is 26.7 Å². The van der Waals surface area contributed by atoms with Crippen molar-refractivity contribution in [3.63, 3.8) is 0 Å². The molecule has 1 amide bonds. The van der Waals surface area contributed by atoms with Crippen molar-refractivity contribution in [1.82, 2.24) is 10.2 Å². The molecule has 0 aliphatic carbocycles. The highest BCUT2D eigenvalue weighted by atomic mass is 16.1. The zero-order valence-corrected chi connectivity index (χ0v) is 14.0. The van der Waals surface area contributed by atoms with Crippen molar-refractivity contribution in [1.29, 1.82) is 0 Å². The van der Waals surface area contributed by atoms with Crippen LogP contribution in [0.2, 0.25) is 0 Å². The highest BCUT2D eigenvalue weighted by Gasteiger charge is 2.29. The monoisotopic (exact) mass is 285 g/mol. The second kappa shape index (κ2) is 11.1. The molecule has 0 saturated carbocycles. The van der Waals surface area contributed by atoms with Gasteiger partial charge in [0.15, 0.2) is 0 Å². The van der Waals surface area contributed by atoms with E-state index in [4.69, 9.17) is 5.73 Å². The quantitative estimate of drug-likeness (QED) is 0.511. The SMILES string of the molecule is CCCCCN(C)CCCCC(C)(NCCC)C(N)=O. The molecule has 0 rings (SSSR count). The summed E-state index contributed by atoms with van der Waals surface area (Å²) in [6, 6.07) is 0. The van der Waals surface area contributed by atoms with Gasteiger partial charge in [-0.25, -0.2) is 0 Å². The van der Waals surface area contributed by atoms with Crippen LogP contribution in [0.4, 0.5) is 0 Å². The largest absolute Gasteiger partial charge is 0.368 e. The fraction of sp³-hybridized carbons (Fsp3) is 0.938. The van der Waals surface area contributed by atoms with E-state index >= 15 is 0 Å². The van der Waals surface area contributed by atoms with Crippen LogP contribution in [0, 0.1) is 0 Å². The van der Waals surface area contributed by atoms with E-state index in [2.05, 4.69) is 31.1 Å². The Morgan fingerprint density at radius 3 is 2.20 bits per heavy atom. The molecule has 0 radical (unpaired) electrons. The van der Waals surface area contributed by atoms with E-state index in [0.717, 1.165) is 38.8 Å². The predicted molar refractivity (Wildman–Crippen MR) is 86.8 cm³/mol. The Morgan fingerprint density at radius 1 is 1.10 bits per heavy atom. The fourth-order valence-electron chi connectivity index (χ4n) is 2.30. The summed E-state index contributed by atoms with van der Waals surface area (Å²) in [6.07, 6.45) is 7.87. The van der Waals surface area contributed by atoms with Crippen molar-refractivity contribution in [3.8, 4) is 0 Å². The van der Waals surface area contributed by atoms with Gasteiger partial charge in [0.1, 0.15) is 0 Å². The van der Waals surface area contributed by atoms with Crippen LogP contribution in [-0.4, -0.2) is 43.0 Å². The number of unbranched alkanes of at least 4 members (excludes halogenated alkanes) is 3. The first-order valence-corrected chi connectivity index (χ1v) is 8.19. The number of nitrogens with one attached hydrogen (secondary N) is 1. The molecule has 3 N–H and O–H groups in total. The van der Waals surface area contributed by atoms with Crippen molar-refractivity contribution < 1.29 is 4.79 Å². The first kappa shape index (κ1) is 19.4. The summed E-state index contributed by atoms with van der Waals surface area (Å²) in [5.41, 5.74) is 4.98. The average Bonchev–Trinajstić information content (AvgIpc) is 2.41. The van der Waals surface area contributed by atoms with E-state index in [1.165, 1.54) is 25.8 Å². The van der Waals surface area contributed by atoms with Gasteiger partial charge in [-0.15, -0.1) is 0 Å². The van der Waals surface area contributed by atoms with Gasteiger partial charge in [0.25, 0.3) is 0 Å². The lowest BCUT2D eigenvalue weighted by Gasteiger charge is -2.28. The Hall–Kier alpha value is -0.610. The number of rotatable bonds is 13. The molecule has 1 atom stereocenters. The fourth-order valence-corrected chi connectivity index (χ4v) is 2.30. The maximum Gasteiger partial charge on any atom is 0.237 e. The summed E-state index contributed by atoms with van der Waals surface area (Å²) in [5, 5.41) is 3.29. The first-order chi connectivity index (χ1) is 9.46. The zero-order chi connectivity index (χ0) is 15.4. The van der Waals surface area contributed by atoms with Gasteiger partial charge >= 0.3 is 0 Å². The minimum Gasteiger partial charge on any atom is -0.368 e. The molecular formula is C16H35N3O. The molecule has 0 fully saturated rings. The normalized spacial score (nSPS) is 14.4. The molecule has 0 heterocycles. The molecule has 0 aromatic heterocycles. The smallest absolute Gasteiger partial charge is 0.237 e. The number of nitrogens with two attached hydrogens (primary N) is 1. The van der Waals surface area contributed by atoms with Gasteiger partial charge in [0.2, 0.25) is 5.91 Å². The highest BCUT2D eigenvalue weighted by Crippen LogP contribution is 2.14. The maximum atomic E-state index is 11.6. The van der Waals surface area contributed by atoms with Crippen molar-refractivity contribution >= 4 is 5.91 Å². The van der Waals surface area contributed by atoms with Crippen LogP contribution in [0.25, 0.3) is 0 Å². The van der Waals surface area contributed by atoms with E-state index in [0.29, 0.717) is 0 Å². The van der Waals surface area contributed by atoms with Crippen LogP contribution in [-0.2, 0) is 4.79 Å². The average molecular weight is 285 g/mol. The minimum atomic E-state index is -0.545. The summed E-state index contributed by atoms with van der Waals surface area (Å²) >= 11 is 0. The van der Waals surface area contributed by atoms with Crippen molar-refractivity contribution in [3.05, 3.63) is 0 Å². The number of carbonyl (C=O) groups is 1. The van der Waals surface area contributed by atoms with Crippen LogP contribution in [0.1, 0.15) is 65.7 Å². The third-order valence-corrected chi connectivity index (χ3v) is 3.92. The molecule has 0 aromatic rings. The lowest BCUT2D eigenvalue weighted by atomic mass is 9.93. The third-order valence-electron chi connectivity index (χ3n) is 3.92. The lowest BCUT2D eigenvalue weighted by molar-refractivity contribution is -0.124. The number of hydrogen-bond donors (Lipinski definition) is 2. The van der Waals surface area contributed by atoms with Gasteiger partial charge in [-0.2, -0.15) is 0 Å². The standard InChI is InChI=1S/C16H35N3O/c1-5-7-9-13-19(4)14-10-8-11-16(3,15(17)20)18-12-6-2/h18H,5-14H2,1-4H3,(H2,17,20). The topological polar surface area (TPSA) is 58.4 Å². The van der Waals surface area contributed by atoms with E-state index in [1.54, 1.807) is 0 Å². The van der Waals surface area contributed by atoms with Crippen LogP contribution < -0.4 is 11.1 Å². The molecule has 1 unspecified atom stereocenters. The minimum absolute atomic E-state index is 0.234. The van der Waals surface area contributed by atoms with Gasteiger partial charge in [-0.1, -0.05) is 26.7 Å². The molecule has 4 nitrogen and oxygen atoms in total. The van der Waals surface area contributed by atoms with Gasteiger partial charge in [0.05, 0.1) is 5.54 Å². The Bertz CT molecular complexity index is 258. The van der Waals surface area contributed by atoms with E-state index in [-0.39, 0.29) is 5.91 Å².